The second-order valence-electron chi connectivity index (χ2n) is 4.11. The maximum absolute atomic E-state index is 10.9. The number of benzene rings is 2. The first-order valence-electron chi connectivity index (χ1n) is 6.25. The molecule has 0 amide bonds. The third-order valence-corrected chi connectivity index (χ3v) is 2.68. The van der Waals surface area contributed by atoms with E-state index in [1.54, 1.807) is 0 Å². The molecule has 0 aliphatic heterocycles. The minimum Gasteiger partial charge on any atom is -0.490 e. The lowest BCUT2D eigenvalue weighted by Gasteiger charge is -2.09. The zero-order valence-electron chi connectivity index (χ0n) is 11.1. The largest absolute Gasteiger partial charge is 0.490 e. The van der Waals surface area contributed by atoms with Crippen molar-refractivity contribution in [2.45, 2.75) is 0 Å². The van der Waals surface area contributed by atoms with Crippen LogP contribution in [0.3, 0.4) is 0 Å². The number of para-hydroxylation sites is 1. The molecule has 0 radical (unpaired) electrons. The molecule has 0 heterocycles. The minimum absolute atomic E-state index is 0.143. The van der Waals surface area contributed by atoms with Crippen molar-refractivity contribution < 1.29 is 19.2 Å². The Morgan fingerprint density at radius 1 is 1.05 bits per heavy atom. The van der Waals surface area contributed by atoms with Crippen molar-refractivity contribution in [1.82, 2.24) is 0 Å². The normalized spacial score (nSPS) is 9.90. The number of aldehydes is 1. The van der Waals surface area contributed by atoms with Gasteiger partial charge in [0.2, 0.25) is 0 Å². The Balaban J connectivity index is 1.91. The van der Waals surface area contributed by atoms with E-state index in [1.807, 2.05) is 30.3 Å². The van der Waals surface area contributed by atoms with Crippen molar-refractivity contribution >= 4 is 12.0 Å². The molecule has 0 aliphatic rings. The van der Waals surface area contributed by atoms with Gasteiger partial charge in [-0.2, -0.15) is 0 Å². The van der Waals surface area contributed by atoms with Gasteiger partial charge in [0.25, 0.3) is 5.69 Å². The molecule has 0 saturated carbocycles. The van der Waals surface area contributed by atoms with E-state index in [4.69, 9.17) is 9.47 Å². The fraction of sp³-hybridized carbons (Fsp3) is 0.133. The van der Waals surface area contributed by atoms with Crippen LogP contribution in [0.25, 0.3) is 0 Å². The number of hydrogen-bond acceptors (Lipinski definition) is 5. The molecule has 2 rings (SSSR count). The number of nitro benzene ring substituents is 1. The fourth-order valence-corrected chi connectivity index (χ4v) is 1.70. The summed E-state index contributed by atoms with van der Waals surface area (Å²) in [6.07, 6.45) is 0.528. The van der Waals surface area contributed by atoms with Crippen LogP contribution >= 0.6 is 0 Å². The van der Waals surface area contributed by atoms with Gasteiger partial charge in [0.15, 0.2) is 6.29 Å². The molecular weight excluding hydrogens is 274 g/mol. The number of carbonyl (C=O) groups excluding carboxylic acids is 1. The lowest BCUT2D eigenvalue weighted by atomic mass is 10.2. The highest BCUT2D eigenvalue weighted by Crippen LogP contribution is 2.22. The van der Waals surface area contributed by atoms with Crippen molar-refractivity contribution in [3.63, 3.8) is 0 Å². The number of nitro groups is 1. The van der Waals surface area contributed by atoms with Crippen molar-refractivity contribution in [2.24, 2.45) is 0 Å². The molecule has 0 unspecified atom stereocenters. The van der Waals surface area contributed by atoms with Crippen LogP contribution in [0, 0.1) is 10.1 Å². The van der Waals surface area contributed by atoms with E-state index >= 15 is 0 Å². The molecule has 0 N–H and O–H groups in total. The predicted molar refractivity (Wildman–Crippen MR) is 75.9 cm³/mol. The molecular formula is C15H13NO5. The molecule has 0 atom stereocenters. The van der Waals surface area contributed by atoms with Crippen molar-refractivity contribution in [3.05, 3.63) is 64.2 Å². The van der Waals surface area contributed by atoms with Gasteiger partial charge in [-0.1, -0.05) is 18.2 Å². The van der Waals surface area contributed by atoms with Crippen molar-refractivity contribution in [1.29, 1.82) is 0 Å². The van der Waals surface area contributed by atoms with Gasteiger partial charge < -0.3 is 9.47 Å². The van der Waals surface area contributed by atoms with Crippen molar-refractivity contribution in [2.75, 3.05) is 13.2 Å². The Kier molecular flexibility index (Phi) is 4.87. The SMILES string of the molecule is O=Cc1cc([N+](=O)[O-])ccc1OCCOc1ccccc1. The summed E-state index contributed by atoms with van der Waals surface area (Å²) in [6, 6.07) is 13.1. The quantitative estimate of drug-likeness (QED) is 0.338. The molecule has 0 aromatic heterocycles. The van der Waals surface area contributed by atoms with Gasteiger partial charge in [0, 0.05) is 12.1 Å². The van der Waals surface area contributed by atoms with Gasteiger partial charge in [-0.05, 0) is 18.2 Å². The highest BCUT2D eigenvalue weighted by molar-refractivity contribution is 5.80. The number of carbonyl (C=O) groups is 1. The van der Waals surface area contributed by atoms with Crippen LogP contribution in [0.1, 0.15) is 10.4 Å². The zero-order valence-corrected chi connectivity index (χ0v) is 11.1. The highest BCUT2D eigenvalue weighted by Gasteiger charge is 2.11. The fourth-order valence-electron chi connectivity index (χ4n) is 1.70. The van der Waals surface area contributed by atoms with Gasteiger partial charge >= 0.3 is 0 Å². The molecule has 2 aromatic rings. The van der Waals surface area contributed by atoms with Gasteiger partial charge in [0.1, 0.15) is 24.7 Å². The summed E-state index contributed by atoms with van der Waals surface area (Å²) in [7, 11) is 0. The first-order chi connectivity index (χ1) is 10.2. The van der Waals surface area contributed by atoms with Gasteiger partial charge in [0.05, 0.1) is 10.5 Å². The maximum atomic E-state index is 10.9. The monoisotopic (exact) mass is 287 g/mol. The summed E-state index contributed by atoms with van der Waals surface area (Å²) in [5.41, 5.74) is -0.00565. The van der Waals surface area contributed by atoms with Crippen LogP contribution in [-0.2, 0) is 0 Å². The summed E-state index contributed by atoms with van der Waals surface area (Å²) in [5, 5.41) is 10.6. The zero-order chi connectivity index (χ0) is 15.1. The predicted octanol–water partition coefficient (Wildman–Crippen LogP) is 2.87. The van der Waals surface area contributed by atoms with E-state index in [9.17, 15) is 14.9 Å². The molecule has 6 heteroatoms. The first-order valence-corrected chi connectivity index (χ1v) is 6.25. The summed E-state index contributed by atoms with van der Waals surface area (Å²) in [6.45, 7) is 0.535. The molecule has 0 spiro atoms. The number of ether oxygens (including phenoxy) is 2. The van der Waals surface area contributed by atoms with Crippen LogP contribution in [0.4, 0.5) is 5.69 Å². The number of hydrogen-bond donors (Lipinski definition) is 0. The van der Waals surface area contributed by atoms with E-state index in [0.29, 0.717) is 18.6 Å². The van der Waals surface area contributed by atoms with Gasteiger partial charge in [-0.25, -0.2) is 0 Å². The standard InChI is InChI=1S/C15H13NO5/c17-11-12-10-13(16(18)19)6-7-15(12)21-9-8-20-14-4-2-1-3-5-14/h1-7,10-11H,8-9H2. The summed E-state index contributed by atoms with van der Waals surface area (Å²) >= 11 is 0. The maximum Gasteiger partial charge on any atom is 0.270 e. The molecule has 0 fully saturated rings. The second-order valence-corrected chi connectivity index (χ2v) is 4.11. The highest BCUT2D eigenvalue weighted by atomic mass is 16.6. The van der Waals surface area contributed by atoms with E-state index < -0.39 is 4.92 Å². The van der Waals surface area contributed by atoms with Crippen LogP contribution < -0.4 is 9.47 Å². The van der Waals surface area contributed by atoms with E-state index in [2.05, 4.69) is 0 Å². The van der Waals surface area contributed by atoms with E-state index in [-0.39, 0.29) is 17.9 Å². The van der Waals surface area contributed by atoms with Crippen LogP contribution in [-0.4, -0.2) is 24.4 Å². The van der Waals surface area contributed by atoms with Crippen LogP contribution in [0.15, 0.2) is 48.5 Å². The molecule has 6 nitrogen and oxygen atoms in total. The van der Waals surface area contributed by atoms with Gasteiger partial charge in [-0.15, -0.1) is 0 Å². The molecule has 108 valence electrons. The lowest BCUT2D eigenvalue weighted by molar-refractivity contribution is -0.384. The summed E-state index contributed by atoms with van der Waals surface area (Å²) < 4.78 is 10.8. The Morgan fingerprint density at radius 3 is 2.43 bits per heavy atom. The lowest BCUT2D eigenvalue weighted by Crippen LogP contribution is -2.10. The smallest absolute Gasteiger partial charge is 0.270 e. The average Bonchev–Trinajstić information content (AvgIpc) is 2.52. The molecule has 21 heavy (non-hydrogen) atoms. The van der Waals surface area contributed by atoms with Crippen LogP contribution in [0.5, 0.6) is 11.5 Å². The third-order valence-electron chi connectivity index (χ3n) is 2.68. The van der Waals surface area contributed by atoms with Gasteiger partial charge in [-0.3, -0.25) is 14.9 Å². The second kappa shape index (κ2) is 7.04. The third kappa shape index (κ3) is 4.04. The van der Waals surface area contributed by atoms with Crippen LogP contribution in [0.2, 0.25) is 0 Å². The molecule has 2 aromatic carbocycles. The number of rotatable bonds is 7. The molecule has 0 saturated heterocycles. The molecule has 0 aliphatic carbocycles. The van der Waals surface area contributed by atoms with E-state index in [1.165, 1.54) is 18.2 Å². The minimum atomic E-state index is -0.560. The Hall–Kier alpha value is -2.89. The Bertz CT molecular complexity index is 627. The average molecular weight is 287 g/mol. The summed E-state index contributed by atoms with van der Waals surface area (Å²) in [5.74, 6) is 1.02. The summed E-state index contributed by atoms with van der Waals surface area (Å²) in [4.78, 5) is 21.0. The van der Waals surface area contributed by atoms with E-state index in [0.717, 1.165) is 5.75 Å². The number of nitrogens with zero attached hydrogens (tertiary/aromatic N) is 1. The first kappa shape index (κ1) is 14.5. The Morgan fingerprint density at radius 2 is 1.76 bits per heavy atom. The number of non-ortho nitro benzene ring substituents is 1. The molecule has 0 bridgehead atoms. The van der Waals surface area contributed by atoms with Crippen molar-refractivity contribution in [3.8, 4) is 11.5 Å². The topological polar surface area (TPSA) is 78.7 Å². The Labute approximate surface area is 121 Å².